The molecule has 0 saturated carbocycles. The van der Waals surface area contributed by atoms with E-state index < -0.39 is 15.5 Å². The molecule has 4 nitrogen and oxygen atoms in total. The molecule has 0 aliphatic carbocycles. The third-order valence-corrected chi connectivity index (χ3v) is 7.98. The molecular weight excluding hydrogens is 320 g/mol. The smallest absolute Gasteiger partial charge is 0.0839 e. The first kappa shape index (κ1) is 17.3. The van der Waals surface area contributed by atoms with Crippen LogP contribution in [0.1, 0.15) is 25.8 Å². The fraction of sp³-hybridized carbons (Fsp3) is 0.368. The largest absolute Gasteiger partial charge is 0.330 e. The predicted octanol–water partition coefficient (Wildman–Crippen LogP) is 4.79. The molecule has 2 atom stereocenters. The average molecular weight is 346 g/mol. The van der Waals surface area contributed by atoms with Gasteiger partial charge in [-0.1, -0.05) is 43.3 Å². The molecule has 0 saturated heterocycles. The van der Waals surface area contributed by atoms with E-state index >= 15 is 0 Å². The van der Waals surface area contributed by atoms with Gasteiger partial charge < -0.3 is 5.73 Å². The van der Waals surface area contributed by atoms with Crippen LogP contribution >= 0.6 is 10.8 Å². The number of fused-ring (bicyclic) bond motifs is 1. The van der Waals surface area contributed by atoms with E-state index in [1.807, 2.05) is 55.5 Å². The van der Waals surface area contributed by atoms with Crippen molar-refractivity contribution in [1.82, 2.24) is 0 Å². The van der Waals surface area contributed by atoms with E-state index in [4.69, 9.17) is 5.73 Å². The summed E-state index contributed by atoms with van der Waals surface area (Å²) in [5, 5.41) is 0. The fourth-order valence-electron chi connectivity index (χ4n) is 3.53. The molecule has 4 N–H and O–H groups in total. The lowest BCUT2D eigenvalue weighted by Crippen LogP contribution is -2.50. The van der Waals surface area contributed by atoms with Crippen LogP contribution in [0.4, 0.5) is 11.4 Å². The molecule has 2 unspecified atom stereocenters. The van der Waals surface area contributed by atoms with Crippen molar-refractivity contribution < 1.29 is 9.11 Å². The van der Waals surface area contributed by atoms with Gasteiger partial charge in [0, 0.05) is 0 Å². The minimum atomic E-state index is -3.07. The van der Waals surface area contributed by atoms with Gasteiger partial charge in [0.15, 0.2) is 0 Å². The molecule has 0 amide bonds. The first-order chi connectivity index (χ1) is 11.4. The summed E-state index contributed by atoms with van der Waals surface area (Å²) < 4.78 is 23.8. The SMILES string of the molecule is CC(CCN)C1(C)Cc2ccccc2N(c2ccccc2)S1(O)O. The second-order valence-corrected chi connectivity index (χ2v) is 9.08. The van der Waals surface area contributed by atoms with Crippen molar-refractivity contribution in [2.24, 2.45) is 11.7 Å². The highest BCUT2D eigenvalue weighted by Gasteiger charge is 2.51. The second kappa shape index (κ2) is 6.41. The highest BCUT2D eigenvalue weighted by atomic mass is 32.3. The molecule has 1 aliphatic heterocycles. The molecule has 0 aromatic heterocycles. The Labute approximate surface area is 145 Å². The fourth-order valence-corrected chi connectivity index (χ4v) is 5.82. The van der Waals surface area contributed by atoms with E-state index in [-0.39, 0.29) is 5.92 Å². The maximum Gasteiger partial charge on any atom is 0.0839 e. The number of anilines is 2. The first-order valence-corrected chi connectivity index (χ1v) is 9.83. The molecule has 5 heteroatoms. The number of rotatable bonds is 4. The summed E-state index contributed by atoms with van der Waals surface area (Å²) in [6, 6.07) is 17.6. The minimum absolute atomic E-state index is 0.0899. The van der Waals surface area contributed by atoms with Crippen LogP contribution in [0.5, 0.6) is 0 Å². The lowest BCUT2D eigenvalue weighted by atomic mass is 9.85. The van der Waals surface area contributed by atoms with Crippen molar-refractivity contribution in [1.29, 1.82) is 0 Å². The van der Waals surface area contributed by atoms with E-state index in [0.717, 1.165) is 23.4 Å². The van der Waals surface area contributed by atoms with Crippen LogP contribution in [0.3, 0.4) is 0 Å². The molecule has 2 aromatic rings. The molecule has 0 bridgehead atoms. The zero-order valence-corrected chi connectivity index (χ0v) is 15.0. The summed E-state index contributed by atoms with van der Waals surface area (Å²) in [6.45, 7) is 4.59. The van der Waals surface area contributed by atoms with E-state index in [0.29, 0.717) is 13.0 Å². The highest BCUT2D eigenvalue weighted by molar-refractivity contribution is 8.26. The zero-order chi connectivity index (χ0) is 17.4. The lowest BCUT2D eigenvalue weighted by molar-refractivity contribution is 0.336. The van der Waals surface area contributed by atoms with Gasteiger partial charge in [-0.05, 0) is 56.0 Å². The number of nitrogens with zero attached hydrogens (tertiary/aromatic N) is 1. The summed E-state index contributed by atoms with van der Waals surface area (Å²) in [4.78, 5) is 0. The van der Waals surface area contributed by atoms with Crippen LogP contribution in [0, 0.1) is 5.92 Å². The van der Waals surface area contributed by atoms with Crippen LogP contribution in [-0.2, 0) is 6.42 Å². The summed E-state index contributed by atoms with van der Waals surface area (Å²) >= 11 is 0. The Bertz CT molecular complexity index is 708. The van der Waals surface area contributed by atoms with Crippen molar-refractivity contribution in [2.45, 2.75) is 31.4 Å². The quantitative estimate of drug-likeness (QED) is 0.744. The molecule has 130 valence electrons. The second-order valence-electron chi connectivity index (χ2n) is 6.75. The minimum Gasteiger partial charge on any atom is -0.330 e. The van der Waals surface area contributed by atoms with Crippen molar-refractivity contribution >= 4 is 22.2 Å². The van der Waals surface area contributed by atoms with Crippen molar-refractivity contribution in [3.05, 3.63) is 60.2 Å². The van der Waals surface area contributed by atoms with Gasteiger partial charge in [0.05, 0.1) is 16.1 Å². The number of hydrogen-bond acceptors (Lipinski definition) is 4. The average Bonchev–Trinajstić information content (AvgIpc) is 2.56. The Morgan fingerprint density at radius 1 is 1.12 bits per heavy atom. The van der Waals surface area contributed by atoms with Gasteiger partial charge in [0.1, 0.15) is 0 Å². The monoisotopic (exact) mass is 346 g/mol. The maximum atomic E-state index is 11.4. The van der Waals surface area contributed by atoms with E-state index in [9.17, 15) is 9.11 Å². The van der Waals surface area contributed by atoms with E-state index in [1.165, 1.54) is 0 Å². The Hall–Kier alpha value is -1.53. The lowest BCUT2D eigenvalue weighted by Gasteiger charge is -2.60. The Kier molecular flexibility index (Phi) is 4.62. The summed E-state index contributed by atoms with van der Waals surface area (Å²) in [5.41, 5.74) is 8.57. The predicted molar refractivity (Wildman–Crippen MR) is 103 cm³/mol. The third kappa shape index (κ3) is 2.62. The number of nitrogens with two attached hydrogens (primary N) is 1. The van der Waals surface area contributed by atoms with Gasteiger partial charge in [-0.25, -0.2) is 4.31 Å². The van der Waals surface area contributed by atoms with Crippen molar-refractivity contribution in [2.75, 3.05) is 10.8 Å². The Balaban J connectivity index is 2.19. The van der Waals surface area contributed by atoms with Gasteiger partial charge in [0.25, 0.3) is 0 Å². The van der Waals surface area contributed by atoms with Crippen LogP contribution in [0.15, 0.2) is 54.6 Å². The van der Waals surface area contributed by atoms with Gasteiger partial charge in [-0.2, -0.15) is 0 Å². The molecule has 1 aliphatic rings. The standard InChI is InChI=1S/C19H26N2O2S/c1-15(12-13-20)19(2)14-16-8-6-7-11-18(16)21(24(19,22)23)17-9-4-3-5-10-17/h3-11,15,22-23H,12-14,20H2,1-2H3. The number of hydrogen-bond donors (Lipinski definition) is 3. The van der Waals surface area contributed by atoms with E-state index in [1.54, 1.807) is 4.31 Å². The normalized spacial score (nSPS) is 25.0. The van der Waals surface area contributed by atoms with Crippen LogP contribution in [0.25, 0.3) is 0 Å². The van der Waals surface area contributed by atoms with Crippen molar-refractivity contribution in [3.63, 3.8) is 0 Å². The highest BCUT2D eigenvalue weighted by Crippen LogP contribution is 2.67. The zero-order valence-electron chi connectivity index (χ0n) is 14.2. The molecule has 2 aromatic carbocycles. The topological polar surface area (TPSA) is 69.7 Å². The van der Waals surface area contributed by atoms with Gasteiger partial charge >= 0.3 is 0 Å². The summed E-state index contributed by atoms with van der Waals surface area (Å²) in [5.74, 6) is 0.0899. The molecule has 24 heavy (non-hydrogen) atoms. The Morgan fingerprint density at radius 3 is 2.42 bits per heavy atom. The molecule has 3 rings (SSSR count). The van der Waals surface area contributed by atoms with Crippen molar-refractivity contribution in [3.8, 4) is 0 Å². The molecule has 0 radical (unpaired) electrons. The molecule has 0 spiro atoms. The summed E-state index contributed by atoms with van der Waals surface area (Å²) in [6.07, 6.45) is 1.40. The Morgan fingerprint density at radius 2 is 1.75 bits per heavy atom. The van der Waals surface area contributed by atoms with Gasteiger partial charge in [-0.15, -0.1) is 10.8 Å². The maximum absolute atomic E-state index is 11.4. The van der Waals surface area contributed by atoms with Crippen LogP contribution in [0.2, 0.25) is 0 Å². The number of benzene rings is 2. The molecule has 0 fully saturated rings. The van der Waals surface area contributed by atoms with Gasteiger partial charge in [0.2, 0.25) is 0 Å². The van der Waals surface area contributed by atoms with E-state index in [2.05, 4.69) is 13.0 Å². The summed E-state index contributed by atoms with van der Waals surface area (Å²) in [7, 11) is -3.07. The van der Waals surface area contributed by atoms with Gasteiger partial charge in [-0.3, -0.25) is 9.11 Å². The molecular formula is C19H26N2O2S. The van der Waals surface area contributed by atoms with Crippen LogP contribution in [-0.4, -0.2) is 20.4 Å². The molecule has 1 heterocycles. The van der Waals surface area contributed by atoms with Crippen LogP contribution < -0.4 is 10.0 Å². The first-order valence-electron chi connectivity index (χ1n) is 8.33. The number of para-hydroxylation sites is 2. The third-order valence-electron chi connectivity index (χ3n) is 5.26.